The molecule has 5 rings (SSSR count). The van der Waals surface area contributed by atoms with E-state index in [1.165, 1.54) is 12.8 Å². The van der Waals surface area contributed by atoms with Crippen LogP contribution in [-0.2, 0) is 4.79 Å². The second-order valence-electron chi connectivity index (χ2n) is 6.99. The number of aromatic nitrogens is 2. The van der Waals surface area contributed by atoms with Crippen LogP contribution in [0.15, 0.2) is 36.5 Å². The van der Waals surface area contributed by atoms with Gasteiger partial charge in [0.2, 0.25) is 5.91 Å². The molecule has 0 unspecified atom stereocenters. The third-order valence-corrected chi connectivity index (χ3v) is 6.27. The summed E-state index contributed by atoms with van der Waals surface area (Å²) in [5.41, 5.74) is 2.95. The second-order valence-corrected chi connectivity index (χ2v) is 8.02. The molecule has 1 amide bonds. The standard InChI is InChI=1S/C20H21N5OS/c26-19-13-21-7-10-25(19)15-4-5-16-17(11-15)27-20(23-16)14-3-6-18(22-12-14)24-8-1-2-9-24/h3-6,11-12,21H,1-2,7-10,13H2. The summed E-state index contributed by atoms with van der Waals surface area (Å²) in [5, 5.41) is 4.08. The number of nitrogens with zero attached hydrogens (tertiary/aromatic N) is 4. The molecule has 0 bridgehead atoms. The van der Waals surface area contributed by atoms with Gasteiger partial charge in [-0.1, -0.05) is 0 Å². The molecule has 6 nitrogen and oxygen atoms in total. The topological polar surface area (TPSA) is 61.4 Å². The van der Waals surface area contributed by atoms with Crippen LogP contribution in [0.25, 0.3) is 20.8 Å². The molecule has 4 heterocycles. The number of fused-ring (bicyclic) bond motifs is 1. The number of rotatable bonds is 3. The minimum absolute atomic E-state index is 0.118. The molecule has 0 radical (unpaired) electrons. The van der Waals surface area contributed by atoms with Crippen molar-refractivity contribution in [3.63, 3.8) is 0 Å². The zero-order valence-corrected chi connectivity index (χ0v) is 15.8. The lowest BCUT2D eigenvalue weighted by molar-refractivity contribution is -0.118. The van der Waals surface area contributed by atoms with Gasteiger partial charge in [0.15, 0.2) is 0 Å². The average Bonchev–Trinajstić information content (AvgIpc) is 3.38. The average molecular weight is 379 g/mol. The summed E-state index contributed by atoms with van der Waals surface area (Å²) in [7, 11) is 0. The fraction of sp³-hybridized carbons (Fsp3) is 0.350. The van der Waals surface area contributed by atoms with Crippen molar-refractivity contribution in [3.8, 4) is 10.6 Å². The van der Waals surface area contributed by atoms with Gasteiger partial charge in [0.1, 0.15) is 10.8 Å². The van der Waals surface area contributed by atoms with Crippen molar-refractivity contribution in [3.05, 3.63) is 36.5 Å². The van der Waals surface area contributed by atoms with Crippen LogP contribution in [-0.4, -0.2) is 48.6 Å². The van der Waals surface area contributed by atoms with Crippen LogP contribution in [0.2, 0.25) is 0 Å². The molecule has 0 spiro atoms. The summed E-state index contributed by atoms with van der Waals surface area (Å²) in [5.74, 6) is 1.17. The van der Waals surface area contributed by atoms with Crippen LogP contribution in [0.1, 0.15) is 12.8 Å². The normalized spacial score (nSPS) is 17.9. The summed E-state index contributed by atoms with van der Waals surface area (Å²) in [6.45, 7) is 4.13. The first-order chi connectivity index (χ1) is 13.3. The van der Waals surface area contributed by atoms with Crippen molar-refractivity contribution in [1.29, 1.82) is 0 Å². The highest BCUT2D eigenvalue weighted by Crippen LogP contribution is 2.33. The van der Waals surface area contributed by atoms with Crippen molar-refractivity contribution < 1.29 is 4.79 Å². The molecule has 2 aliphatic heterocycles. The highest BCUT2D eigenvalue weighted by Gasteiger charge is 2.20. The van der Waals surface area contributed by atoms with Gasteiger partial charge >= 0.3 is 0 Å². The zero-order valence-electron chi connectivity index (χ0n) is 15.0. The van der Waals surface area contributed by atoms with Gasteiger partial charge in [0, 0.05) is 43.6 Å². The number of carbonyl (C=O) groups excluding carboxylic acids is 1. The van der Waals surface area contributed by atoms with Crippen LogP contribution < -0.4 is 15.1 Å². The van der Waals surface area contributed by atoms with E-state index in [0.717, 1.165) is 51.9 Å². The largest absolute Gasteiger partial charge is 0.357 e. The van der Waals surface area contributed by atoms with E-state index < -0.39 is 0 Å². The Kier molecular flexibility index (Phi) is 4.26. The molecule has 0 aliphatic carbocycles. The molecule has 2 aromatic heterocycles. The van der Waals surface area contributed by atoms with Gasteiger partial charge in [-0.3, -0.25) is 4.79 Å². The fourth-order valence-corrected chi connectivity index (χ4v) is 4.72. The SMILES string of the molecule is O=C1CNCCN1c1ccc2nc(-c3ccc(N4CCCC4)nc3)sc2c1. The Morgan fingerprint density at radius 3 is 2.74 bits per heavy atom. The Morgan fingerprint density at radius 1 is 1.07 bits per heavy atom. The lowest BCUT2D eigenvalue weighted by Gasteiger charge is -2.27. The number of carbonyl (C=O) groups is 1. The zero-order chi connectivity index (χ0) is 18.2. The fourth-order valence-electron chi connectivity index (χ4n) is 3.73. The monoisotopic (exact) mass is 379 g/mol. The first kappa shape index (κ1) is 16.6. The number of hydrogen-bond donors (Lipinski definition) is 1. The Hall–Kier alpha value is -2.51. The maximum Gasteiger partial charge on any atom is 0.240 e. The van der Waals surface area contributed by atoms with Crippen LogP contribution >= 0.6 is 11.3 Å². The van der Waals surface area contributed by atoms with Crippen molar-refractivity contribution in [2.45, 2.75) is 12.8 Å². The van der Waals surface area contributed by atoms with Gasteiger partial charge < -0.3 is 15.1 Å². The van der Waals surface area contributed by atoms with E-state index in [2.05, 4.69) is 33.4 Å². The molecule has 3 aromatic rings. The molecular weight excluding hydrogens is 358 g/mol. The molecule has 2 fully saturated rings. The van der Waals surface area contributed by atoms with Crippen molar-refractivity contribution >= 4 is 39.0 Å². The number of pyridine rings is 1. The smallest absolute Gasteiger partial charge is 0.240 e. The van der Waals surface area contributed by atoms with E-state index in [4.69, 9.17) is 4.98 Å². The van der Waals surface area contributed by atoms with E-state index in [0.29, 0.717) is 13.1 Å². The number of thiazole rings is 1. The Labute approximate surface area is 161 Å². The Bertz CT molecular complexity index is 978. The molecule has 0 saturated carbocycles. The first-order valence-electron chi connectivity index (χ1n) is 9.41. The maximum absolute atomic E-state index is 12.1. The summed E-state index contributed by atoms with van der Waals surface area (Å²) in [4.78, 5) is 25.7. The lowest BCUT2D eigenvalue weighted by atomic mass is 10.2. The number of anilines is 2. The number of nitrogens with one attached hydrogen (secondary N) is 1. The van der Waals surface area contributed by atoms with E-state index in [-0.39, 0.29) is 5.91 Å². The molecule has 0 atom stereocenters. The summed E-state index contributed by atoms with van der Waals surface area (Å²) < 4.78 is 1.09. The highest BCUT2D eigenvalue weighted by molar-refractivity contribution is 7.21. The summed E-state index contributed by atoms with van der Waals surface area (Å²) in [6.07, 6.45) is 4.42. The van der Waals surface area contributed by atoms with E-state index >= 15 is 0 Å². The van der Waals surface area contributed by atoms with Gasteiger partial charge in [-0.05, 0) is 43.2 Å². The van der Waals surface area contributed by atoms with E-state index in [1.807, 2.05) is 23.2 Å². The van der Waals surface area contributed by atoms with Crippen LogP contribution in [0.3, 0.4) is 0 Å². The van der Waals surface area contributed by atoms with Gasteiger partial charge in [0.25, 0.3) is 0 Å². The van der Waals surface area contributed by atoms with Crippen molar-refractivity contribution in [1.82, 2.24) is 15.3 Å². The van der Waals surface area contributed by atoms with Gasteiger partial charge in [0.05, 0.1) is 16.8 Å². The molecule has 2 aliphatic rings. The van der Waals surface area contributed by atoms with Gasteiger partial charge in [-0.15, -0.1) is 11.3 Å². The second kappa shape index (κ2) is 6.90. The first-order valence-corrected chi connectivity index (χ1v) is 10.2. The summed E-state index contributed by atoms with van der Waals surface area (Å²) >= 11 is 1.65. The molecule has 1 aromatic carbocycles. The molecule has 27 heavy (non-hydrogen) atoms. The highest BCUT2D eigenvalue weighted by atomic mass is 32.1. The molecule has 138 valence electrons. The number of hydrogen-bond acceptors (Lipinski definition) is 6. The summed E-state index contributed by atoms with van der Waals surface area (Å²) in [6, 6.07) is 10.3. The number of amides is 1. The van der Waals surface area contributed by atoms with Gasteiger partial charge in [-0.25, -0.2) is 9.97 Å². The Balaban J connectivity index is 1.43. The molecular formula is C20H21N5OS. The number of piperazine rings is 1. The van der Waals surface area contributed by atoms with Crippen LogP contribution in [0.5, 0.6) is 0 Å². The quantitative estimate of drug-likeness (QED) is 0.758. The molecule has 1 N–H and O–H groups in total. The van der Waals surface area contributed by atoms with Crippen LogP contribution in [0.4, 0.5) is 11.5 Å². The van der Waals surface area contributed by atoms with Crippen LogP contribution in [0, 0.1) is 0 Å². The minimum atomic E-state index is 0.118. The van der Waals surface area contributed by atoms with E-state index in [9.17, 15) is 4.79 Å². The third-order valence-electron chi connectivity index (χ3n) is 5.20. The number of benzene rings is 1. The predicted octanol–water partition coefficient (Wildman–Crippen LogP) is 2.89. The maximum atomic E-state index is 12.1. The van der Waals surface area contributed by atoms with E-state index in [1.54, 1.807) is 11.3 Å². The Morgan fingerprint density at radius 2 is 1.96 bits per heavy atom. The minimum Gasteiger partial charge on any atom is -0.357 e. The molecule has 7 heteroatoms. The molecule has 2 saturated heterocycles. The van der Waals surface area contributed by atoms with Crippen molar-refractivity contribution in [2.75, 3.05) is 42.5 Å². The van der Waals surface area contributed by atoms with Crippen molar-refractivity contribution in [2.24, 2.45) is 0 Å². The lowest BCUT2D eigenvalue weighted by Crippen LogP contribution is -2.48. The third kappa shape index (κ3) is 3.17. The predicted molar refractivity (Wildman–Crippen MR) is 110 cm³/mol. The van der Waals surface area contributed by atoms with Gasteiger partial charge in [-0.2, -0.15) is 0 Å².